The van der Waals surface area contributed by atoms with Crippen LogP contribution in [0.4, 0.5) is 11.5 Å². The molecule has 1 heterocycles. The van der Waals surface area contributed by atoms with E-state index in [9.17, 15) is 4.79 Å². The van der Waals surface area contributed by atoms with E-state index in [-0.39, 0.29) is 17.1 Å². The van der Waals surface area contributed by atoms with Gasteiger partial charge in [0.2, 0.25) is 0 Å². The van der Waals surface area contributed by atoms with Crippen LogP contribution in [0.15, 0.2) is 4.79 Å². The Balaban J connectivity index is 2.93. The predicted molar refractivity (Wildman–Crippen MR) is 52.3 cm³/mol. The molecule has 5 heteroatoms. The summed E-state index contributed by atoms with van der Waals surface area (Å²) in [6.45, 7) is 2.07. The van der Waals surface area contributed by atoms with Crippen LogP contribution in [0, 0.1) is 0 Å². The summed E-state index contributed by atoms with van der Waals surface area (Å²) < 4.78 is 0. The van der Waals surface area contributed by atoms with Crippen LogP contribution in [0.3, 0.4) is 0 Å². The molecule has 0 aliphatic rings. The van der Waals surface area contributed by atoms with Gasteiger partial charge in [-0.05, 0) is 6.42 Å². The van der Waals surface area contributed by atoms with Gasteiger partial charge in [0.25, 0.3) is 5.56 Å². The molecule has 5 nitrogen and oxygen atoms in total. The van der Waals surface area contributed by atoms with E-state index in [1.165, 1.54) is 0 Å². The van der Waals surface area contributed by atoms with Crippen LogP contribution in [0.25, 0.3) is 0 Å². The summed E-state index contributed by atoms with van der Waals surface area (Å²) >= 11 is 0. The summed E-state index contributed by atoms with van der Waals surface area (Å²) in [5.41, 5.74) is 10.4. The number of hydrogen-bond donors (Lipinski definition) is 3. The number of nitrogen functional groups attached to an aromatic ring is 2. The number of nitrogens with two attached hydrogens (primary N) is 2. The van der Waals surface area contributed by atoms with Gasteiger partial charge in [0.15, 0.2) is 5.82 Å². The van der Waals surface area contributed by atoms with Gasteiger partial charge >= 0.3 is 0 Å². The Hall–Kier alpha value is -1.52. The lowest BCUT2D eigenvalue weighted by Crippen LogP contribution is -2.18. The molecule has 1 aromatic rings. The molecule has 0 amide bonds. The molecule has 0 spiro atoms. The summed E-state index contributed by atoms with van der Waals surface area (Å²) in [6, 6.07) is 0. The zero-order valence-corrected chi connectivity index (χ0v) is 7.63. The predicted octanol–water partition coefficient (Wildman–Crippen LogP) is 0.277. The van der Waals surface area contributed by atoms with Crippen LogP contribution in [0.2, 0.25) is 0 Å². The molecule has 0 radical (unpaired) electrons. The Morgan fingerprint density at radius 3 is 2.69 bits per heavy atom. The Morgan fingerprint density at radius 1 is 1.46 bits per heavy atom. The van der Waals surface area contributed by atoms with Gasteiger partial charge in [0, 0.05) is 6.42 Å². The zero-order valence-electron chi connectivity index (χ0n) is 7.63. The SMILES string of the molecule is CCCCc1nc(N)c(N)c(=O)[nH]1. The molecule has 1 aromatic heterocycles. The zero-order chi connectivity index (χ0) is 9.84. The molecule has 0 saturated carbocycles. The van der Waals surface area contributed by atoms with E-state index in [0.29, 0.717) is 5.82 Å². The number of hydrogen-bond acceptors (Lipinski definition) is 4. The third-order valence-corrected chi connectivity index (χ3v) is 1.80. The normalized spacial score (nSPS) is 10.2. The van der Waals surface area contributed by atoms with Crippen LogP contribution in [0.5, 0.6) is 0 Å². The van der Waals surface area contributed by atoms with Crippen molar-refractivity contribution >= 4 is 11.5 Å². The molecule has 0 unspecified atom stereocenters. The van der Waals surface area contributed by atoms with Crippen molar-refractivity contribution in [1.82, 2.24) is 9.97 Å². The molecule has 0 saturated heterocycles. The second kappa shape index (κ2) is 3.93. The third-order valence-electron chi connectivity index (χ3n) is 1.80. The van der Waals surface area contributed by atoms with E-state index in [2.05, 4.69) is 16.9 Å². The first-order valence-electron chi connectivity index (χ1n) is 4.29. The monoisotopic (exact) mass is 182 g/mol. The lowest BCUT2D eigenvalue weighted by molar-refractivity contribution is 0.750. The maximum atomic E-state index is 11.1. The fraction of sp³-hybridized carbons (Fsp3) is 0.500. The lowest BCUT2D eigenvalue weighted by atomic mass is 10.2. The first-order valence-corrected chi connectivity index (χ1v) is 4.29. The standard InChI is InChI=1S/C8H14N4O/c1-2-3-4-5-11-7(10)6(9)8(13)12-5/h2-4,9H2,1H3,(H3,10,11,12,13). The van der Waals surface area contributed by atoms with E-state index in [0.717, 1.165) is 19.3 Å². The number of aryl methyl sites for hydroxylation is 1. The molecule has 0 fully saturated rings. The highest BCUT2D eigenvalue weighted by Crippen LogP contribution is 2.05. The molecule has 0 aromatic carbocycles. The minimum absolute atomic E-state index is 0.000230. The van der Waals surface area contributed by atoms with E-state index in [1.807, 2.05) is 0 Å². The Morgan fingerprint density at radius 2 is 2.15 bits per heavy atom. The molecule has 13 heavy (non-hydrogen) atoms. The fourth-order valence-electron chi connectivity index (χ4n) is 1.01. The third kappa shape index (κ3) is 2.21. The number of unbranched alkanes of at least 4 members (excludes halogenated alkanes) is 1. The summed E-state index contributed by atoms with van der Waals surface area (Å²) in [4.78, 5) is 17.7. The average molecular weight is 182 g/mol. The Bertz CT molecular complexity index is 344. The summed E-state index contributed by atoms with van der Waals surface area (Å²) in [5, 5.41) is 0. The molecular formula is C8H14N4O. The number of nitrogens with one attached hydrogen (secondary N) is 1. The number of aromatic nitrogens is 2. The lowest BCUT2D eigenvalue weighted by Gasteiger charge is -2.02. The minimum Gasteiger partial charge on any atom is -0.391 e. The van der Waals surface area contributed by atoms with E-state index >= 15 is 0 Å². The first kappa shape index (κ1) is 9.57. The van der Waals surface area contributed by atoms with Gasteiger partial charge in [-0.2, -0.15) is 0 Å². The summed E-state index contributed by atoms with van der Waals surface area (Å²) in [7, 11) is 0. The molecule has 0 aliphatic heterocycles. The van der Waals surface area contributed by atoms with Gasteiger partial charge in [-0.25, -0.2) is 4.98 Å². The molecule has 72 valence electrons. The van der Waals surface area contributed by atoms with Crippen LogP contribution >= 0.6 is 0 Å². The second-order valence-corrected chi connectivity index (χ2v) is 2.92. The highest BCUT2D eigenvalue weighted by atomic mass is 16.1. The number of rotatable bonds is 3. The smallest absolute Gasteiger partial charge is 0.276 e. The molecule has 1 rings (SSSR count). The maximum absolute atomic E-state index is 11.1. The molecule has 0 bridgehead atoms. The van der Waals surface area contributed by atoms with Gasteiger partial charge in [-0.1, -0.05) is 13.3 Å². The van der Waals surface area contributed by atoms with Gasteiger partial charge in [-0.3, -0.25) is 4.79 Å². The van der Waals surface area contributed by atoms with Gasteiger partial charge < -0.3 is 16.5 Å². The number of aromatic amines is 1. The molecule has 5 N–H and O–H groups in total. The van der Waals surface area contributed by atoms with Crippen molar-refractivity contribution in [1.29, 1.82) is 0 Å². The number of H-pyrrole nitrogens is 1. The van der Waals surface area contributed by atoms with Crippen LogP contribution in [0.1, 0.15) is 25.6 Å². The number of nitrogens with zero attached hydrogens (tertiary/aromatic N) is 1. The second-order valence-electron chi connectivity index (χ2n) is 2.92. The highest BCUT2D eigenvalue weighted by molar-refractivity contribution is 5.55. The van der Waals surface area contributed by atoms with Crippen molar-refractivity contribution in [3.63, 3.8) is 0 Å². The van der Waals surface area contributed by atoms with Crippen molar-refractivity contribution < 1.29 is 0 Å². The van der Waals surface area contributed by atoms with Gasteiger partial charge in [-0.15, -0.1) is 0 Å². The highest BCUT2D eigenvalue weighted by Gasteiger charge is 2.03. The number of anilines is 2. The average Bonchev–Trinajstić information content (AvgIpc) is 2.10. The summed E-state index contributed by atoms with van der Waals surface area (Å²) in [5.74, 6) is 0.730. The van der Waals surface area contributed by atoms with E-state index in [1.54, 1.807) is 0 Å². The van der Waals surface area contributed by atoms with Crippen molar-refractivity contribution in [3.05, 3.63) is 16.2 Å². The Kier molecular flexibility index (Phi) is 2.89. The molecular weight excluding hydrogens is 168 g/mol. The Labute approximate surface area is 76.2 Å². The van der Waals surface area contributed by atoms with Crippen molar-refractivity contribution in [2.75, 3.05) is 11.5 Å². The van der Waals surface area contributed by atoms with Crippen LogP contribution in [-0.2, 0) is 6.42 Å². The topological polar surface area (TPSA) is 97.8 Å². The largest absolute Gasteiger partial charge is 0.391 e. The minimum atomic E-state index is -0.349. The van der Waals surface area contributed by atoms with Gasteiger partial charge in [0.05, 0.1) is 0 Å². The maximum Gasteiger partial charge on any atom is 0.276 e. The molecule has 0 aliphatic carbocycles. The fourth-order valence-corrected chi connectivity index (χ4v) is 1.01. The summed E-state index contributed by atoms with van der Waals surface area (Å²) in [6.07, 6.45) is 2.76. The van der Waals surface area contributed by atoms with Crippen LogP contribution in [-0.4, -0.2) is 9.97 Å². The van der Waals surface area contributed by atoms with E-state index in [4.69, 9.17) is 11.5 Å². The van der Waals surface area contributed by atoms with Gasteiger partial charge in [0.1, 0.15) is 11.5 Å². The molecule has 0 atom stereocenters. The van der Waals surface area contributed by atoms with Crippen molar-refractivity contribution in [3.8, 4) is 0 Å². The quantitative estimate of drug-likeness (QED) is 0.625. The van der Waals surface area contributed by atoms with E-state index < -0.39 is 0 Å². The van der Waals surface area contributed by atoms with Crippen molar-refractivity contribution in [2.24, 2.45) is 0 Å². The first-order chi connectivity index (χ1) is 6.15. The van der Waals surface area contributed by atoms with Crippen molar-refractivity contribution in [2.45, 2.75) is 26.2 Å². The van der Waals surface area contributed by atoms with Crippen LogP contribution < -0.4 is 17.0 Å².